The van der Waals surface area contributed by atoms with E-state index >= 15 is 0 Å². The number of para-hydroxylation sites is 1. The van der Waals surface area contributed by atoms with Crippen molar-refractivity contribution in [3.63, 3.8) is 0 Å². The number of aliphatic hydroxyl groups excluding tert-OH is 1. The number of nitrogens with zero attached hydrogens (tertiary/aromatic N) is 1. The zero-order valence-corrected chi connectivity index (χ0v) is 30.5. The van der Waals surface area contributed by atoms with Gasteiger partial charge in [-0.1, -0.05) is 45.9 Å². The number of rotatable bonds is 10. The number of ketones is 1. The third kappa shape index (κ3) is 10.5. The van der Waals surface area contributed by atoms with Crippen LogP contribution in [0, 0.1) is 23.2 Å². The molecule has 2 aliphatic rings. The number of hydrogen-bond donors (Lipinski definition) is 2. The van der Waals surface area contributed by atoms with Gasteiger partial charge in [-0.3, -0.25) is 19.8 Å². The van der Waals surface area contributed by atoms with E-state index < -0.39 is 47.5 Å². The maximum atomic E-state index is 14.2. The zero-order valence-electron chi connectivity index (χ0n) is 30.5. The second kappa shape index (κ2) is 17.9. The van der Waals surface area contributed by atoms with Crippen molar-refractivity contribution in [1.29, 1.82) is 0 Å². The van der Waals surface area contributed by atoms with Crippen molar-refractivity contribution < 1.29 is 43.2 Å². The molecule has 3 rings (SSSR count). The first-order valence-corrected chi connectivity index (χ1v) is 17.6. The van der Waals surface area contributed by atoms with Crippen LogP contribution in [0.15, 0.2) is 30.3 Å². The summed E-state index contributed by atoms with van der Waals surface area (Å²) in [6.07, 6.45) is -0.000926. The van der Waals surface area contributed by atoms with Gasteiger partial charge in [0.1, 0.15) is 18.1 Å². The molecule has 0 radical (unpaired) electrons. The first-order valence-electron chi connectivity index (χ1n) is 17.6. The Kier molecular flexibility index (Phi) is 14.9. The quantitative estimate of drug-likeness (QED) is 0.177. The molecule has 272 valence electrons. The first-order chi connectivity index (χ1) is 22.6. The SMILES string of the molecule is CCCN1C[C@H](C)C[C@@](C)(OC)[C@H](O[C@@H]2O[C@H](C)C[C@H](C)[C@H]2O)[C@@H](C)C(=O)C(C)(C)C(=O)OC[C@H]1CCCOC(=O)Nc1ccccc1. The second-order valence-corrected chi connectivity index (χ2v) is 14.7. The lowest BCUT2D eigenvalue weighted by Crippen LogP contribution is -2.57. The maximum absolute atomic E-state index is 14.2. The molecule has 1 aromatic carbocycles. The molecular formula is C37H60N2O9. The number of nitrogens with one attached hydrogen (secondary N) is 1. The van der Waals surface area contributed by atoms with Crippen LogP contribution in [0.1, 0.15) is 87.5 Å². The van der Waals surface area contributed by atoms with E-state index in [1.807, 2.05) is 39.0 Å². The largest absolute Gasteiger partial charge is 0.463 e. The Morgan fingerprint density at radius 1 is 1.10 bits per heavy atom. The van der Waals surface area contributed by atoms with Crippen LogP contribution in [0.4, 0.5) is 10.5 Å². The number of ether oxygens (including phenoxy) is 5. The summed E-state index contributed by atoms with van der Waals surface area (Å²) in [7, 11) is 1.61. The second-order valence-electron chi connectivity index (χ2n) is 14.7. The molecule has 2 saturated heterocycles. The lowest BCUT2D eigenvalue weighted by molar-refractivity contribution is -0.295. The fourth-order valence-electron chi connectivity index (χ4n) is 7.22. The lowest BCUT2D eigenvalue weighted by Gasteiger charge is -2.46. The highest BCUT2D eigenvalue weighted by Crippen LogP contribution is 2.38. The van der Waals surface area contributed by atoms with E-state index in [2.05, 4.69) is 24.1 Å². The zero-order chi connectivity index (χ0) is 35.6. The minimum absolute atomic E-state index is 0.0539. The van der Waals surface area contributed by atoms with Crippen molar-refractivity contribution in [2.24, 2.45) is 23.2 Å². The van der Waals surface area contributed by atoms with Crippen molar-refractivity contribution in [3.8, 4) is 0 Å². The van der Waals surface area contributed by atoms with Crippen molar-refractivity contribution >= 4 is 23.5 Å². The molecule has 48 heavy (non-hydrogen) atoms. The van der Waals surface area contributed by atoms with E-state index in [1.165, 1.54) is 0 Å². The van der Waals surface area contributed by atoms with Gasteiger partial charge < -0.3 is 28.8 Å². The van der Waals surface area contributed by atoms with Crippen LogP contribution in [-0.2, 0) is 33.3 Å². The lowest BCUT2D eigenvalue weighted by atomic mass is 9.74. The van der Waals surface area contributed by atoms with Gasteiger partial charge in [0.05, 0.1) is 24.4 Å². The van der Waals surface area contributed by atoms with E-state index in [1.54, 1.807) is 40.0 Å². The van der Waals surface area contributed by atoms with Crippen molar-refractivity contribution in [2.45, 2.75) is 124 Å². The minimum Gasteiger partial charge on any atom is -0.463 e. The summed E-state index contributed by atoms with van der Waals surface area (Å²) in [5.41, 5.74) is -1.77. The topological polar surface area (TPSA) is 133 Å². The molecule has 0 saturated carbocycles. The van der Waals surface area contributed by atoms with Crippen LogP contribution in [0.3, 0.4) is 0 Å². The monoisotopic (exact) mass is 676 g/mol. The summed E-state index contributed by atoms with van der Waals surface area (Å²) in [5, 5.41) is 13.8. The molecule has 0 aromatic heterocycles. The Balaban J connectivity index is 1.85. The molecule has 0 spiro atoms. The summed E-state index contributed by atoms with van der Waals surface area (Å²) in [6, 6.07) is 8.96. The van der Waals surface area contributed by atoms with Crippen LogP contribution in [-0.4, -0.2) is 97.5 Å². The van der Waals surface area contributed by atoms with E-state index in [0.29, 0.717) is 37.9 Å². The van der Waals surface area contributed by atoms with Crippen LogP contribution in [0.2, 0.25) is 0 Å². The standard InChI is InChI=1S/C37H60N2O9/c1-10-18-39-22-24(2)21-37(8,44-9)32(48-33-30(40)25(3)20-26(4)47-33)27(5)31(41)36(6,7)34(42)46-23-29(39)17-14-19-45-35(43)38-28-15-12-11-13-16-28/h11-13,15-16,24-27,29-30,32-33,40H,10,14,17-23H2,1-9H3,(H,38,43)/t24-,25+,26-,27+,29-,30-,32-,33+,37-/m1/s1. The van der Waals surface area contributed by atoms with Gasteiger partial charge in [0.15, 0.2) is 12.1 Å². The summed E-state index contributed by atoms with van der Waals surface area (Å²) in [6.45, 7) is 16.8. The summed E-state index contributed by atoms with van der Waals surface area (Å²) >= 11 is 0. The third-order valence-electron chi connectivity index (χ3n) is 9.94. The number of methoxy groups -OCH3 is 1. The van der Waals surface area contributed by atoms with E-state index in [0.717, 1.165) is 13.0 Å². The number of cyclic esters (lactones) is 1. The van der Waals surface area contributed by atoms with Gasteiger partial charge in [-0.15, -0.1) is 0 Å². The molecule has 1 amide bonds. The molecule has 2 fully saturated rings. The van der Waals surface area contributed by atoms with E-state index in [-0.39, 0.29) is 43.0 Å². The Bertz CT molecular complexity index is 1180. The summed E-state index contributed by atoms with van der Waals surface area (Å²) < 4.78 is 30.2. The molecule has 11 nitrogen and oxygen atoms in total. The van der Waals surface area contributed by atoms with Crippen molar-refractivity contribution in [3.05, 3.63) is 30.3 Å². The predicted octanol–water partition coefficient (Wildman–Crippen LogP) is 5.83. The minimum atomic E-state index is -1.47. The highest BCUT2D eigenvalue weighted by Gasteiger charge is 2.51. The fraction of sp³-hybridized carbons (Fsp3) is 0.757. The van der Waals surface area contributed by atoms with Crippen LogP contribution >= 0.6 is 0 Å². The van der Waals surface area contributed by atoms with Crippen LogP contribution in [0.5, 0.6) is 0 Å². The number of carbonyl (C=O) groups excluding carboxylic acids is 3. The smallest absolute Gasteiger partial charge is 0.411 e. The number of anilines is 1. The molecule has 0 unspecified atom stereocenters. The predicted molar refractivity (Wildman–Crippen MR) is 183 cm³/mol. The maximum Gasteiger partial charge on any atom is 0.411 e. The van der Waals surface area contributed by atoms with E-state index in [9.17, 15) is 19.5 Å². The average molecular weight is 677 g/mol. The molecule has 2 heterocycles. The molecule has 9 atom stereocenters. The number of aliphatic hydroxyl groups is 1. The Morgan fingerprint density at radius 3 is 2.44 bits per heavy atom. The van der Waals surface area contributed by atoms with Gasteiger partial charge in [-0.05, 0) is 90.3 Å². The normalized spacial score (nSPS) is 33.9. The Hall–Kier alpha value is -2.57. The number of carbonyl (C=O) groups is 3. The third-order valence-corrected chi connectivity index (χ3v) is 9.94. The molecule has 11 heteroatoms. The van der Waals surface area contributed by atoms with Crippen LogP contribution in [0.25, 0.3) is 0 Å². The number of amides is 1. The van der Waals surface area contributed by atoms with Gasteiger partial charge in [0, 0.05) is 31.3 Å². The highest BCUT2D eigenvalue weighted by molar-refractivity contribution is 6.04. The molecule has 2 aliphatic heterocycles. The van der Waals surface area contributed by atoms with Gasteiger partial charge in [0.2, 0.25) is 0 Å². The van der Waals surface area contributed by atoms with Gasteiger partial charge in [-0.2, -0.15) is 0 Å². The van der Waals surface area contributed by atoms with Crippen LogP contribution < -0.4 is 5.32 Å². The molecule has 1 aromatic rings. The average Bonchev–Trinajstić information content (AvgIpc) is 3.04. The summed E-state index contributed by atoms with van der Waals surface area (Å²) in [5.74, 6) is -1.69. The number of esters is 1. The molecule has 2 N–H and O–H groups in total. The van der Waals surface area contributed by atoms with Gasteiger partial charge >= 0.3 is 12.1 Å². The van der Waals surface area contributed by atoms with Gasteiger partial charge in [0.25, 0.3) is 0 Å². The number of Topliss-reactive ketones (excluding diaryl/α,β-unsaturated/α-hetero) is 1. The Labute approximate surface area is 287 Å². The van der Waals surface area contributed by atoms with Gasteiger partial charge in [-0.25, -0.2) is 4.79 Å². The first kappa shape index (κ1) is 39.9. The molecule has 0 aliphatic carbocycles. The molecule has 0 bridgehead atoms. The van der Waals surface area contributed by atoms with Crippen molar-refractivity contribution in [2.75, 3.05) is 38.7 Å². The highest BCUT2D eigenvalue weighted by atomic mass is 16.7. The Morgan fingerprint density at radius 2 is 1.79 bits per heavy atom. The number of hydrogen-bond acceptors (Lipinski definition) is 10. The molecular weight excluding hydrogens is 616 g/mol. The fourth-order valence-corrected chi connectivity index (χ4v) is 7.22. The summed E-state index contributed by atoms with van der Waals surface area (Å²) in [4.78, 5) is 42.5. The number of benzene rings is 1. The van der Waals surface area contributed by atoms with Crippen molar-refractivity contribution in [1.82, 2.24) is 4.90 Å². The van der Waals surface area contributed by atoms with E-state index in [4.69, 9.17) is 23.7 Å².